The summed E-state index contributed by atoms with van der Waals surface area (Å²) in [6.07, 6.45) is 0.758. The molecule has 184 valence electrons. The molecule has 0 aliphatic carbocycles. The van der Waals surface area contributed by atoms with Crippen LogP contribution in [0.15, 0.2) is 54.6 Å². The number of aromatic nitrogens is 3. The third kappa shape index (κ3) is 4.26. The van der Waals surface area contributed by atoms with Crippen LogP contribution >= 0.6 is 0 Å². The van der Waals surface area contributed by atoms with E-state index in [4.69, 9.17) is 0 Å². The second-order valence-corrected chi connectivity index (χ2v) is 9.52. The van der Waals surface area contributed by atoms with Crippen LogP contribution in [0.3, 0.4) is 0 Å². The van der Waals surface area contributed by atoms with E-state index in [0.717, 1.165) is 51.8 Å². The maximum atomic E-state index is 13.1. The molecule has 1 aliphatic rings. The number of amides is 1. The minimum Gasteiger partial charge on any atom is -0.481 e. The molecule has 0 spiro atoms. The lowest BCUT2D eigenvalue weighted by molar-refractivity contribution is -0.137. The average Bonchev–Trinajstić information content (AvgIpc) is 3.31. The van der Waals surface area contributed by atoms with Gasteiger partial charge in [0.1, 0.15) is 5.52 Å². The second-order valence-electron chi connectivity index (χ2n) is 9.52. The molecule has 2 heterocycles. The molecule has 0 radical (unpaired) electrons. The van der Waals surface area contributed by atoms with Gasteiger partial charge < -0.3 is 10.0 Å². The quantitative estimate of drug-likeness (QED) is 0.423. The van der Waals surface area contributed by atoms with E-state index in [-0.39, 0.29) is 18.2 Å². The first-order valence-electron chi connectivity index (χ1n) is 12.4. The molecule has 7 heteroatoms. The monoisotopic (exact) mass is 482 g/mol. The Balaban J connectivity index is 1.54. The van der Waals surface area contributed by atoms with E-state index in [1.54, 1.807) is 0 Å². The first kappa shape index (κ1) is 23.7. The Hall–Kier alpha value is -4.00. The van der Waals surface area contributed by atoms with Crippen LogP contribution in [0.5, 0.6) is 0 Å². The zero-order chi connectivity index (χ0) is 25.4. The lowest BCUT2D eigenvalue weighted by atomic mass is 9.82. The summed E-state index contributed by atoms with van der Waals surface area (Å²) in [6.45, 7) is 8.00. The van der Waals surface area contributed by atoms with Crippen LogP contribution in [0.4, 0.5) is 0 Å². The number of hydrogen-bond donors (Lipinski definition) is 1. The molecule has 5 rings (SSSR count). The standard InChI is InChI=1S/C29H30N4O3/c1-4-33-26-11-10-24(19(3)28(26)30-31-33)25(16-27(34)35)21-14-18(2)23-12-13-32(17-22(23)15-21)29(36)20-8-6-5-7-9-20/h5-11,14-15,25H,4,12-13,16-17H2,1-3H3,(H,34,35). The van der Waals surface area contributed by atoms with Gasteiger partial charge in [-0.2, -0.15) is 0 Å². The van der Waals surface area contributed by atoms with Gasteiger partial charge in [0.25, 0.3) is 5.91 Å². The fourth-order valence-electron chi connectivity index (χ4n) is 5.46. The fraction of sp³-hybridized carbons (Fsp3) is 0.310. The van der Waals surface area contributed by atoms with Gasteiger partial charge in [-0.15, -0.1) is 5.10 Å². The highest BCUT2D eigenvalue weighted by molar-refractivity contribution is 5.94. The van der Waals surface area contributed by atoms with E-state index in [2.05, 4.69) is 29.4 Å². The molecule has 4 aromatic rings. The van der Waals surface area contributed by atoms with Crippen molar-refractivity contribution in [2.75, 3.05) is 6.54 Å². The molecule has 1 unspecified atom stereocenters. The summed E-state index contributed by atoms with van der Waals surface area (Å²) in [5, 5.41) is 18.4. The van der Waals surface area contributed by atoms with Crippen molar-refractivity contribution in [3.63, 3.8) is 0 Å². The predicted molar refractivity (Wildman–Crippen MR) is 138 cm³/mol. The molecule has 0 saturated heterocycles. The summed E-state index contributed by atoms with van der Waals surface area (Å²) in [5.74, 6) is -1.16. The van der Waals surface area contributed by atoms with Crippen molar-refractivity contribution in [2.24, 2.45) is 0 Å². The molecule has 1 atom stereocenters. The molecule has 36 heavy (non-hydrogen) atoms. The number of aliphatic carboxylic acids is 1. The SMILES string of the molecule is CCn1nnc2c(C)c(C(CC(=O)O)c3cc(C)c4c(c3)CN(C(=O)c3ccccc3)CC4)ccc21. The minimum absolute atomic E-state index is 0.0201. The Labute approximate surface area is 210 Å². The molecule has 0 saturated carbocycles. The molecular weight excluding hydrogens is 452 g/mol. The summed E-state index contributed by atoms with van der Waals surface area (Å²) in [5.41, 5.74) is 8.77. The number of nitrogens with zero attached hydrogens (tertiary/aromatic N) is 4. The fourth-order valence-corrected chi connectivity index (χ4v) is 5.46. The van der Waals surface area contributed by atoms with Gasteiger partial charge in [0.05, 0.1) is 11.9 Å². The highest BCUT2D eigenvalue weighted by atomic mass is 16.4. The number of fused-ring (bicyclic) bond motifs is 2. The van der Waals surface area contributed by atoms with Crippen LogP contribution in [0, 0.1) is 13.8 Å². The van der Waals surface area contributed by atoms with E-state index >= 15 is 0 Å². The van der Waals surface area contributed by atoms with E-state index in [0.29, 0.717) is 18.7 Å². The molecule has 0 fully saturated rings. The van der Waals surface area contributed by atoms with Gasteiger partial charge in [0, 0.05) is 31.1 Å². The Morgan fingerprint density at radius 3 is 2.58 bits per heavy atom. The Morgan fingerprint density at radius 2 is 1.86 bits per heavy atom. The van der Waals surface area contributed by atoms with Crippen LogP contribution < -0.4 is 0 Å². The Morgan fingerprint density at radius 1 is 1.08 bits per heavy atom. The first-order chi connectivity index (χ1) is 17.4. The van der Waals surface area contributed by atoms with E-state index in [1.165, 1.54) is 5.56 Å². The van der Waals surface area contributed by atoms with Crippen molar-refractivity contribution < 1.29 is 14.7 Å². The Bertz CT molecular complexity index is 1460. The summed E-state index contributed by atoms with van der Waals surface area (Å²) < 4.78 is 1.85. The van der Waals surface area contributed by atoms with Crippen LogP contribution in [0.2, 0.25) is 0 Å². The van der Waals surface area contributed by atoms with Crippen molar-refractivity contribution in [1.29, 1.82) is 0 Å². The van der Waals surface area contributed by atoms with Crippen LogP contribution in [0.25, 0.3) is 11.0 Å². The van der Waals surface area contributed by atoms with E-state index < -0.39 is 5.97 Å². The number of rotatable bonds is 6. The highest BCUT2D eigenvalue weighted by Crippen LogP contribution is 2.36. The number of hydrogen-bond acceptors (Lipinski definition) is 4. The third-order valence-corrected chi connectivity index (χ3v) is 7.33. The van der Waals surface area contributed by atoms with Gasteiger partial charge in [0.15, 0.2) is 0 Å². The molecular formula is C29H30N4O3. The van der Waals surface area contributed by atoms with Crippen LogP contribution in [0.1, 0.15) is 63.0 Å². The molecule has 1 aliphatic heterocycles. The molecule has 0 bridgehead atoms. The lowest BCUT2D eigenvalue weighted by Crippen LogP contribution is -2.36. The maximum absolute atomic E-state index is 13.1. The molecule has 1 amide bonds. The van der Waals surface area contributed by atoms with Gasteiger partial charge >= 0.3 is 5.97 Å². The number of aryl methyl sites for hydroxylation is 3. The highest BCUT2D eigenvalue weighted by Gasteiger charge is 2.27. The van der Waals surface area contributed by atoms with Crippen molar-refractivity contribution in [3.8, 4) is 0 Å². The summed E-state index contributed by atoms with van der Waals surface area (Å²) in [7, 11) is 0. The summed E-state index contributed by atoms with van der Waals surface area (Å²) in [4.78, 5) is 27.0. The smallest absolute Gasteiger partial charge is 0.304 e. The number of carbonyl (C=O) groups excluding carboxylic acids is 1. The second kappa shape index (κ2) is 9.57. The average molecular weight is 483 g/mol. The van der Waals surface area contributed by atoms with Crippen LogP contribution in [-0.2, 0) is 24.3 Å². The predicted octanol–water partition coefficient (Wildman–Crippen LogP) is 4.87. The van der Waals surface area contributed by atoms with Gasteiger partial charge in [-0.1, -0.05) is 41.6 Å². The largest absolute Gasteiger partial charge is 0.481 e. The molecule has 1 N–H and O–H groups in total. The normalized spacial score (nSPS) is 14.0. The summed E-state index contributed by atoms with van der Waals surface area (Å²) in [6, 6.07) is 17.6. The topological polar surface area (TPSA) is 88.3 Å². The van der Waals surface area contributed by atoms with Gasteiger partial charge in [-0.25, -0.2) is 4.68 Å². The molecule has 3 aromatic carbocycles. The first-order valence-corrected chi connectivity index (χ1v) is 12.4. The van der Waals surface area contributed by atoms with Crippen molar-refractivity contribution >= 4 is 22.9 Å². The van der Waals surface area contributed by atoms with Gasteiger partial charge in [-0.05, 0) is 78.8 Å². The van der Waals surface area contributed by atoms with Crippen LogP contribution in [-0.4, -0.2) is 43.4 Å². The van der Waals surface area contributed by atoms with E-state index in [1.807, 2.05) is 65.9 Å². The van der Waals surface area contributed by atoms with Crippen molar-refractivity contribution in [1.82, 2.24) is 19.9 Å². The minimum atomic E-state index is -0.854. The summed E-state index contributed by atoms with van der Waals surface area (Å²) >= 11 is 0. The lowest BCUT2D eigenvalue weighted by Gasteiger charge is -2.31. The zero-order valence-electron chi connectivity index (χ0n) is 20.9. The van der Waals surface area contributed by atoms with Crippen molar-refractivity contribution in [3.05, 3.63) is 93.5 Å². The number of carbonyl (C=O) groups is 2. The Kier molecular flexibility index (Phi) is 6.31. The third-order valence-electron chi connectivity index (χ3n) is 7.33. The van der Waals surface area contributed by atoms with E-state index in [9.17, 15) is 14.7 Å². The number of benzene rings is 3. The molecule has 1 aromatic heterocycles. The number of carboxylic acid groups (broad SMARTS) is 1. The van der Waals surface area contributed by atoms with Gasteiger partial charge in [0.2, 0.25) is 0 Å². The number of carboxylic acids is 1. The zero-order valence-corrected chi connectivity index (χ0v) is 20.9. The molecule has 7 nitrogen and oxygen atoms in total. The van der Waals surface area contributed by atoms with Crippen molar-refractivity contribution in [2.45, 2.75) is 52.6 Å². The van der Waals surface area contributed by atoms with Gasteiger partial charge in [-0.3, -0.25) is 9.59 Å². The maximum Gasteiger partial charge on any atom is 0.304 e.